The Bertz CT molecular complexity index is 680. The van der Waals surface area contributed by atoms with Crippen LogP contribution in [0.25, 0.3) is 0 Å². The van der Waals surface area contributed by atoms with E-state index in [-0.39, 0.29) is 11.9 Å². The largest absolute Gasteiger partial charge is 0.325 e. The Kier molecular flexibility index (Phi) is 2.60. The predicted molar refractivity (Wildman–Crippen MR) is 78.6 cm³/mol. The summed E-state index contributed by atoms with van der Waals surface area (Å²) < 4.78 is 0. The number of hydrogen-bond donors (Lipinski definition) is 1. The average Bonchev–Trinajstić information content (AvgIpc) is 2.62. The van der Waals surface area contributed by atoms with Gasteiger partial charge in [-0.05, 0) is 29.2 Å². The van der Waals surface area contributed by atoms with E-state index in [2.05, 4.69) is 40.5 Å². The van der Waals surface area contributed by atoms with Gasteiger partial charge in [0.15, 0.2) is 0 Å². The summed E-state index contributed by atoms with van der Waals surface area (Å²) in [4.78, 5) is 14.3. The molecule has 0 bridgehead atoms. The molecule has 0 fully saturated rings. The van der Waals surface area contributed by atoms with Crippen LogP contribution >= 0.6 is 0 Å². The van der Waals surface area contributed by atoms with Gasteiger partial charge in [-0.25, -0.2) is 0 Å². The van der Waals surface area contributed by atoms with E-state index in [1.54, 1.807) is 0 Å². The van der Waals surface area contributed by atoms with Crippen molar-refractivity contribution < 1.29 is 4.79 Å². The molecule has 2 aromatic rings. The summed E-state index contributed by atoms with van der Waals surface area (Å²) in [6.45, 7) is 1.40. The zero-order chi connectivity index (χ0) is 13.5. The molecule has 100 valence electrons. The molecule has 2 aliphatic rings. The van der Waals surface area contributed by atoms with Gasteiger partial charge in [0.2, 0.25) is 5.91 Å². The maximum absolute atomic E-state index is 12.1. The molecule has 0 aromatic heterocycles. The van der Waals surface area contributed by atoms with Crippen molar-refractivity contribution >= 4 is 11.6 Å². The number of carbonyl (C=O) groups is 1. The van der Waals surface area contributed by atoms with Gasteiger partial charge in [-0.1, -0.05) is 42.5 Å². The molecule has 0 unspecified atom stereocenters. The summed E-state index contributed by atoms with van der Waals surface area (Å²) in [5, 5.41) is 3.03. The lowest BCUT2D eigenvalue weighted by atomic mass is 9.88. The summed E-state index contributed by atoms with van der Waals surface area (Å²) in [5.74, 6) is 0.0827. The Morgan fingerprint density at radius 3 is 2.65 bits per heavy atom. The van der Waals surface area contributed by atoms with Crippen LogP contribution in [0.2, 0.25) is 0 Å². The van der Waals surface area contributed by atoms with Crippen molar-refractivity contribution in [2.75, 3.05) is 18.4 Å². The van der Waals surface area contributed by atoms with Crippen LogP contribution < -0.4 is 5.32 Å². The average molecular weight is 264 g/mol. The van der Waals surface area contributed by atoms with Gasteiger partial charge in [0.1, 0.15) is 0 Å². The highest BCUT2D eigenvalue weighted by Crippen LogP contribution is 2.39. The lowest BCUT2D eigenvalue weighted by Gasteiger charge is -2.35. The lowest BCUT2D eigenvalue weighted by Crippen LogP contribution is -2.38. The van der Waals surface area contributed by atoms with Crippen LogP contribution in [-0.4, -0.2) is 23.9 Å². The topological polar surface area (TPSA) is 32.3 Å². The molecule has 0 saturated carbocycles. The van der Waals surface area contributed by atoms with Gasteiger partial charge < -0.3 is 5.32 Å². The van der Waals surface area contributed by atoms with Crippen LogP contribution in [0.15, 0.2) is 48.5 Å². The standard InChI is InChI=1S/C17H16N2O/c20-16-11-19-10-9-12-5-1-2-6-13(12)17(19)14-7-3-4-8-15(14)18-16/h1-8,17H,9-11H2,(H,18,20)/t17-/m1/s1. The molecular weight excluding hydrogens is 248 g/mol. The maximum Gasteiger partial charge on any atom is 0.238 e. The normalized spacial score (nSPS) is 21.2. The number of amides is 1. The fourth-order valence-electron chi connectivity index (χ4n) is 3.38. The molecule has 0 saturated heterocycles. The van der Waals surface area contributed by atoms with Crippen LogP contribution in [0, 0.1) is 0 Å². The second-order valence-electron chi connectivity index (χ2n) is 5.46. The van der Waals surface area contributed by atoms with Crippen LogP contribution in [0.1, 0.15) is 22.7 Å². The van der Waals surface area contributed by atoms with E-state index in [0.717, 1.165) is 18.7 Å². The van der Waals surface area contributed by atoms with E-state index in [4.69, 9.17) is 0 Å². The SMILES string of the molecule is O=C1CN2CCc3ccccc3[C@@H]2c2ccccc2N1. The molecule has 0 spiro atoms. The second-order valence-corrected chi connectivity index (χ2v) is 5.46. The van der Waals surface area contributed by atoms with Crippen molar-refractivity contribution in [1.29, 1.82) is 0 Å². The van der Waals surface area contributed by atoms with Crippen LogP contribution in [0.4, 0.5) is 5.69 Å². The Hall–Kier alpha value is -2.13. The summed E-state index contributed by atoms with van der Waals surface area (Å²) in [7, 11) is 0. The third-order valence-electron chi connectivity index (χ3n) is 4.26. The van der Waals surface area contributed by atoms with E-state index < -0.39 is 0 Å². The van der Waals surface area contributed by atoms with Crippen molar-refractivity contribution in [2.24, 2.45) is 0 Å². The molecule has 1 amide bonds. The molecule has 0 aliphatic carbocycles. The first-order chi connectivity index (χ1) is 9.83. The third-order valence-corrected chi connectivity index (χ3v) is 4.26. The molecule has 2 aliphatic heterocycles. The highest BCUT2D eigenvalue weighted by Gasteiger charge is 2.33. The van der Waals surface area contributed by atoms with Gasteiger partial charge in [-0.2, -0.15) is 0 Å². The minimum Gasteiger partial charge on any atom is -0.325 e. The van der Waals surface area contributed by atoms with E-state index in [0.29, 0.717) is 6.54 Å². The van der Waals surface area contributed by atoms with E-state index in [9.17, 15) is 4.79 Å². The van der Waals surface area contributed by atoms with Gasteiger partial charge in [-0.15, -0.1) is 0 Å². The molecule has 3 nitrogen and oxygen atoms in total. The number of benzene rings is 2. The Labute approximate surface area is 118 Å². The highest BCUT2D eigenvalue weighted by atomic mass is 16.2. The first-order valence-electron chi connectivity index (χ1n) is 7.03. The van der Waals surface area contributed by atoms with Gasteiger partial charge >= 0.3 is 0 Å². The molecule has 1 atom stereocenters. The first kappa shape index (κ1) is 11.7. The first-order valence-corrected chi connectivity index (χ1v) is 7.03. The molecular formula is C17H16N2O. The fraction of sp³-hybridized carbons (Fsp3) is 0.235. The fourth-order valence-corrected chi connectivity index (χ4v) is 3.38. The number of anilines is 1. The number of carbonyl (C=O) groups excluding carboxylic acids is 1. The quantitative estimate of drug-likeness (QED) is 0.793. The Morgan fingerprint density at radius 1 is 1.00 bits per heavy atom. The minimum atomic E-state index is 0.0827. The third kappa shape index (κ3) is 1.74. The monoisotopic (exact) mass is 264 g/mol. The number of nitrogens with one attached hydrogen (secondary N) is 1. The minimum absolute atomic E-state index is 0.0827. The smallest absolute Gasteiger partial charge is 0.238 e. The number of fused-ring (bicyclic) bond motifs is 5. The van der Waals surface area contributed by atoms with Crippen molar-refractivity contribution in [3.63, 3.8) is 0 Å². The van der Waals surface area contributed by atoms with E-state index >= 15 is 0 Å². The number of rotatable bonds is 0. The molecule has 4 rings (SSSR count). The van der Waals surface area contributed by atoms with Crippen molar-refractivity contribution in [3.05, 3.63) is 65.2 Å². The van der Waals surface area contributed by atoms with Gasteiger partial charge in [0, 0.05) is 12.2 Å². The summed E-state index contributed by atoms with van der Waals surface area (Å²) in [6.07, 6.45) is 1.02. The molecule has 20 heavy (non-hydrogen) atoms. The number of para-hydroxylation sites is 1. The summed E-state index contributed by atoms with van der Waals surface area (Å²) >= 11 is 0. The van der Waals surface area contributed by atoms with Gasteiger partial charge in [0.05, 0.1) is 12.6 Å². The molecule has 1 N–H and O–H groups in total. The summed E-state index contributed by atoms with van der Waals surface area (Å²) in [6, 6.07) is 16.9. The van der Waals surface area contributed by atoms with Crippen molar-refractivity contribution in [1.82, 2.24) is 4.90 Å². The van der Waals surface area contributed by atoms with Gasteiger partial charge in [0.25, 0.3) is 0 Å². The summed E-state index contributed by atoms with van der Waals surface area (Å²) in [5.41, 5.74) is 4.88. The van der Waals surface area contributed by atoms with Crippen molar-refractivity contribution in [2.45, 2.75) is 12.5 Å². The Morgan fingerprint density at radius 2 is 1.75 bits per heavy atom. The number of nitrogens with zero attached hydrogens (tertiary/aromatic N) is 1. The zero-order valence-corrected chi connectivity index (χ0v) is 11.2. The van der Waals surface area contributed by atoms with Gasteiger partial charge in [-0.3, -0.25) is 9.69 Å². The van der Waals surface area contributed by atoms with Crippen molar-refractivity contribution in [3.8, 4) is 0 Å². The molecule has 2 aromatic carbocycles. The zero-order valence-electron chi connectivity index (χ0n) is 11.2. The van der Waals surface area contributed by atoms with Crippen LogP contribution in [-0.2, 0) is 11.2 Å². The number of hydrogen-bond acceptors (Lipinski definition) is 2. The van der Waals surface area contributed by atoms with E-state index in [1.165, 1.54) is 16.7 Å². The van der Waals surface area contributed by atoms with Crippen LogP contribution in [0.5, 0.6) is 0 Å². The predicted octanol–water partition coefficient (Wildman–Crippen LogP) is 2.59. The highest BCUT2D eigenvalue weighted by molar-refractivity contribution is 5.94. The molecule has 3 heteroatoms. The lowest BCUT2D eigenvalue weighted by molar-refractivity contribution is -0.117. The molecule has 2 heterocycles. The molecule has 0 radical (unpaired) electrons. The van der Waals surface area contributed by atoms with Crippen LogP contribution in [0.3, 0.4) is 0 Å². The maximum atomic E-state index is 12.1. The van der Waals surface area contributed by atoms with E-state index in [1.807, 2.05) is 18.2 Å². The Balaban J connectivity index is 1.93. The second kappa shape index (κ2) is 4.46.